The van der Waals surface area contributed by atoms with Crippen LogP contribution in [0.3, 0.4) is 0 Å². The van der Waals surface area contributed by atoms with Crippen LogP contribution in [0.1, 0.15) is 12.0 Å². The molecule has 2 N–H and O–H groups in total. The zero-order valence-corrected chi connectivity index (χ0v) is 12.3. The van der Waals surface area contributed by atoms with Gasteiger partial charge in [-0.25, -0.2) is 0 Å². The molecule has 0 spiro atoms. The van der Waals surface area contributed by atoms with Crippen molar-refractivity contribution in [2.45, 2.75) is 13.0 Å². The van der Waals surface area contributed by atoms with E-state index in [1.54, 1.807) is 0 Å². The zero-order valence-electron chi connectivity index (χ0n) is 9.94. The van der Waals surface area contributed by atoms with Gasteiger partial charge < -0.3 is 20.1 Å². The molecule has 0 bridgehead atoms. The van der Waals surface area contributed by atoms with Crippen molar-refractivity contribution in [2.75, 3.05) is 19.9 Å². The lowest BCUT2D eigenvalue weighted by molar-refractivity contribution is 0.174. The van der Waals surface area contributed by atoms with Crippen LogP contribution in [0.2, 0.25) is 0 Å². The molecule has 0 radical (unpaired) electrons. The maximum Gasteiger partial charge on any atom is 0.231 e. The Balaban J connectivity index is 0.00000120. The highest BCUT2D eigenvalue weighted by Gasteiger charge is 2.13. The molecule has 2 aliphatic rings. The fraction of sp³-hybridized carbons (Fsp3) is 0.417. The Morgan fingerprint density at radius 3 is 3.00 bits per heavy atom. The van der Waals surface area contributed by atoms with Crippen molar-refractivity contribution in [3.05, 3.63) is 23.8 Å². The molecule has 0 aromatic heterocycles. The Labute approximate surface area is 123 Å². The number of guanidine groups is 1. The van der Waals surface area contributed by atoms with Crippen molar-refractivity contribution in [2.24, 2.45) is 4.99 Å². The second kappa shape index (κ2) is 6.12. The van der Waals surface area contributed by atoms with Gasteiger partial charge in [-0.2, -0.15) is 0 Å². The van der Waals surface area contributed by atoms with E-state index in [4.69, 9.17) is 9.47 Å². The van der Waals surface area contributed by atoms with Crippen molar-refractivity contribution in [1.29, 1.82) is 0 Å². The molecule has 1 aromatic carbocycles. The maximum atomic E-state index is 5.34. The molecule has 0 saturated carbocycles. The summed E-state index contributed by atoms with van der Waals surface area (Å²) in [5.41, 5.74) is 1.16. The molecule has 98 valence electrons. The minimum atomic E-state index is 0. The smallest absolute Gasteiger partial charge is 0.231 e. The van der Waals surface area contributed by atoms with Crippen LogP contribution < -0.4 is 20.1 Å². The first kappa shape index (κ1) is 13.3. The molecular weight excluding hydrogens is 345 g/mol. The summed E-state index contributed by atoms with van der Waals surface area (Å²) in [5.74, 6) is 2.53. The largest absolute Gasteiger partial charge is 0.454 e. The molecule has 0 saturated heterocycles. The van der Waals surface area contributed by atoms with Gasteiger partial charge in [0.15, 0.2) is 17.5 Å². The van der Waals surface area contributed by atoms with E-state index in [1.165, 1.54) is 0 Å². The number of ether oxygens (including phenoxy) is 2. The summed E-state index contributed by atoms with van der Waals surface area (Å²) >= 11 is 0. The molecule has 0 amide bonds. The van der Waals surface area contributed by atoms with E-state index in [9.17, 15) is 0 Å². The summed E-state index contributed by atoms with van der Waals surface area (Å²) < 4.78 is 10.6. The summed E-state index contributed by atoms with van der Waals surface area (Å²) in [6.45, 7) is 2.95. The van der Waals surface area contributed by atoms with E-state index in [2.05, 4.69) is 15.6 Å². The van der Waals surface area contributed by atoms with E-state index in [-0.39, 0.29) is 24.0 Å². The van der Waals surface area contributed by atoms with Crippen molar-refractivity contribution in [1.82, 2.24) is 10.6 Å². The van der Waals surface area contributed by atoms with Crippen LogP contribution in [0.5, 0.6) is 11.5 Å². The monoisotopic (exact) mass is 361 g/mol. The van der Waals surface area contributed by atoms with Gasteiger partial charge in [-0.3, -0.25) is 4.99 Å². The number of hydrogen-bond acceptors (Lipinski definition) is 5. The topological polar surface area (TPSA) is 54.9 Å². The first-order valence-corrected chi connectivity index (χ1v) is 5.82. The minimum Gasteiger partial charge on any atom is -0.454 e. The maximum absolute atomic E-state index is 5.34. The lowest BCUT2D eigenvalue weighted by Crippen LogP contribution is -2.40. The van der Waals surface area contributed by atoms with Gasteiger partial charge in [0.25, 0.3) is 0 Å². The molecular formula is C12H16IN3O2. The highest BCUT2D eigenvalue weighted by molar-refractivity contribution is 14.0. The second-order valence-electron chi connectivity index (χ2n) is 4.05. The van der Waals surface area contributed by atoms with Crippen LogP contribution in [-0.2, 0) is 6.54 Å². The number of rotatable bonds is 2. The fourth-order valence-electron chi connectivity index (χ4n) is 1.89. The molecule has 2 heterocycles. The van der Waals surface area contributed by atoms with E-state index in [0.29, 0.717) is 6.79 Å². The summed E-state index contributed by atoms with van der Waals surface area (Å²) in [4.78, 5) is 4.36. The van der Waals surface area contributed by atoms with E-state index in [1.807, 2.05) is 18.2 Å². The van der Waals surface area contributed by atoms with Crippen LogP contribution in [0, 0.1) is 0 Å². The van der Waals surface area contributed by atoms with Crippen LogP contribution in [-0.4, -0.2) is 25.8 Å². The molecule has 18 heavy (non-hydrogen) atoms. The van der Waals surface area contributed by atoms with Gasteiger partial charge >= 0.3 is 0 Å². The Bertz CT molecular complexity index is 451. The zero-order chi connectivity index (χ0) is 11.5. The SMILES string of the molecule is I.c1cc2c(cc1CNC1=NCCCN1)OCO2. The van der Waals surface area contributed by atoms with Gasteiger partial charge in [-0.15, -0.1) is 24.0 Å². The molecule has 0 fully saturated rings. The number of aliphatic imine (C=N–C) groups is 1. The predicted molar refractivity (Wildman–Crippen MR) is 79.7 cm³/mol. The molecule has 3 rings (SSSR count). The highest BCUT2D eigenvalue weighted by atomic mass is 127. The normalized spacial score (nSPS) is 16.3. The fourth-order valence-corrected chi connectivity index (χ4v) is 1.89. The standard InChI is InChI=1S/C12H15N3O2.HI/c1-4-13-12(14-5-1)15-7-9-2-3-10-11(6-9)17-8-16-10;/h2-3,6H,1,4-5,7-8H2,(H2,13,14,15);1H. The second-order valence-corrected chi connectivity index (χ2v) is 4.05. The molecule has 0 atom stereocenters. The van der Waals surface area contributed by atoms with E-state index >= 15 is 0 Å². The predicted octanol–water partition coefficient (Wildman–Crippen LogP) is 1.47. The summed E-state index contributed by atoms with van der Waals surface area (Å²) in [6, 6.07) is 5.97. The number of nitrogens with one attached hydrogen (secondary N) is 2. The van der Waals surface area contributed by atoms with Gasteiger partial charge in [0.2, 0.25) is 6.79 Å². The van der Waals surface area contributed by atoms with E-state index < -0.39 is 0 Å². The van der Waals surface area contributed by atoms with Gasteiger partial charge in [0, 0.05) is 19.6 Å². The van der Waals surface area contributed by atoms with E-state index in [0.717, 1.165) is 49.1 Å². The first-order valence-electron chi connectivity index (χ1n) is 5.82. The van der Waals surface area contributed by atoms with Gasteiger partial charge in [-0.1, -0.05) is 6.07 Å². The van der Waals surface area contributed by atoms with Crippen molar-refractivity contribution in [3.8, 4) is 11.5 Å². The van der Waals surface area contributed by atoms with Gasteiger partial charge in [-0.05, 0) is 24.1 Å². The van der Waals surface area contributed by atoms with Crippen LogP contribution in [0.15, 0.2) is 23.2 Å². The summed E-state index contributed by atoms with van der Waals surface area (Å²) in [5, 5.41) is 6.50. The Morgan fingerprint density at radius 1 is 1.28 bits per heavy atom. The quantitative estimate of drug-likeness (QED) is 0.784. The molecule has 0 aliphatic carbocycles. The van der Waals surface area contributed by atoms with Crippen molar-refractivity contribution >= 4 is 29.9 Å². The summed E-state index contributed by atoms with van der Waals surface area (Å²) in [7, 11) is 0. The number of benzene rings is 1. The van der Waals surface area contributed by atoms with Gasteiger partial charge in [0.1, 0.15) is 0 Å². The Morgan fingerprint density at radius 2 is 2.17 bits per heavy atom. The van der Waals surface area contributed by atoms with Crippen LogP contribution >= 0.6 is 24.0 Å². The molecule has 2 aliphatic heterocycles. The molecule has 0 unspecified atom stereocenters. The van der Waals surface area contributed by atoms with Gasteiger partial charge in [0.05, 0.1) is 0 Å². The number of fused-ring (bicyclic) bond motifs is 1. The minimum absolute atomic E-state index is 0. The molecule has 1 aromatic rings. The number of hydrogen-bond donors (Lipinski definition) is 2. The molecule has 5 nitrogen and oxygen atoms in total. The van der Waals surface area contributed by atoms with Crippen LogP contribution in [0.25, 0.3) is 0 Å². The summed E-state index contributed by atoms with van der Waals surface area (Å²) in [6.07, 6.45) is 1.11. The first-order chi connectivity index (χ1) is 8.42. The average molecular weight is 361 g/mol. The van der Waals surface area contributed by atoms with Crippen LogP contribution in [0.4, 0.5) is 0 Å². The van der Waals surface area contributed by atoms with Crippen molar-refractivity contribution < 1.29 is 9.47 Å². The third-order valence-electron chi connectivity index (χ3n) is 2.79. The third kappa shape index (κ3) is 2.98. The molecule has 6 heteroatoms. The Hall–Kier alpha value is -1.18. The lowest BCUT2D eigenvalue weighted by atomic mass is 10.2. The average Bonchev–Trinajstić information content (AvgIpc) is 2.85. The third-order valence-corrected chi connectivity index (χ3v) is 2.79. The number of nitrogens with zero attached hydrogens (tertiary/aromatic N) is 1. The highest BCUT2D eigenvalue weighted by Crippen LogP contribution is 2.32. The lowest BCUT2D eigenvalue weighted by Gasteiger charge is -2.16. The number of halogens is 1. The van der Waals surface area contributed by atoms with Crippen molar-refractivity contribution in [3.63, 3.8) is 0 Å². The Kier molecular flexibility index (Phi) is 4.51.